The van der Waals surface area contributed by atoms with Gasteiger partial charge in [-0.05, 0) is 49.4 Å². The third kappa shape index (κ3) is 4.19. The fraction of sp³-hybridized carbons (Fsp3) is 0.476. The largest absolute Gasteiger partial charge is 0.477 e. The fourth-order valence-corrected chi connectivity index (χ4v) is 3.66. The van der Waals surface area contributed by atoms with Crippen LogP contribution in [0.3, 0.4) is 0 Å². The lowest BCUT2D eigenvalue weighted by molar-refractivity contribution is 0.144. The summed E-state index contributed by atoms with van der Waals surface area (Å²) in [5, 5.41) is 20.6. The van der Waals surface area contributed by atoms with Gasteiger partial charge >= 0.3 is 0 Å². The van der Waals surface area contributed by atoms with E-state index in [0.29, 0.717) is 46.9 Å². The van der Waals surface area contributed by atoms with E-state index >= 15 is 0 Å². The molecule has 1 aliphatic rings. The first-order chi connectivity index (χ1) is 13.5. The average Bonchev–Trinajstić information content (AvgIpc) is 2.88. The number of hydrogen-bond acceptors (Lipinski definition) is 6. The van der Waals surface area contributed by atoms with E-state index in [1.54, 1.807) is 12.3 Å². The number of aliphatic hydroxyl groups excluding tert-OH is 2. The quantitative estimate of drug-likeness (QED) is 0.772. The molecule has 2 unspecified atom stereocenters. The van der Waals surface area contributed by atoms with Gasteiger partial charge in [-0.25, -0.2) is 9.97 Å². The summed E-state index contributed by atoms with van der Waals surface area (Å²) >= 11 is 6.64. The molecule has 0 radical (unpaired) electrons. The second-order valence-electron chi connectivity index (χ2n) is 7.17. The van der Waals surface area contributed by atoms with Gasteiger partial charge < -0.3 is 14.9 Å². The summed E-state index contributed by atoms with van der Waals surface area (Å²) in [5.41, 5.74) is 3.09. The number of rotatable bonds is 6. The molecule has 0 bridgehead atoms. The lowest BCUT2D eigenvalue weighted by atomic mass is 9.97. The maximum Gasteiger partial charge on any atom is 0.222 e. The zero-order valence-electron chi connectivity index (χ0n) is 16.4. The third-order valence-corrected chi connectivity index (χ3v) is 5.23. The van der Waals surface area contributed by atoms with Gasteiger partial charge in [0.05, 0.1) is 41.9 Å². The number of aliphatic imine (C=N–C) groups is 1. The summed E-state index contributed by atoms with van der Waals surface area (Å²) in [6.45, 7) is 6.14. The molecule has 0 saturated carbocycles. The summed E-state index contributed by atoms with van der Waals surface area (Å²) in [5.74, 6) is 0.778. The van der Waals surface area contributed by atoms with Crippen molar-refractivity contribution in [1.29, 1.82) is 0 Å². The molecule has 2 aromatic heterocycles. The van der Waals surface area contributed by atoms with Crippen molar-refractivity contribution in [1.82, 2.24) is 9.97 Å². The van der Waals surface area contributed by atoms with E-state index in [4.69, 9.17) is 26.3 Å². The van der Waals surface area contributed by atoms with E-state index < -0.39 is 12.7 Å². The minimum atomic E-state index is -1.11. The lowest BCUT2D eigenvalue weighted by Gasteiger charge is -2.17. The summed E-state index contributed by atoms with van der Waals surface area (Å²) in [6.07, 6.45) is 2.07. The molecule has 2 aromatic rings. The summed E-state index contributed by atoms with van der Waals surface area (Å²) < 4.78 is 5.63. The van der Waals surface area contributed by atoms with Crippen molar-refractivity contribution in [3.8, 4) is 17.1 Å². The van der Waals surface area contributed by atoms with Crippen LogP contribution in [0.4, 0.5) is 0 Å². The van der Waals surface area contributed by atoms with Crippen molar-refractivity contribution >= 4 is 17.3 Å². The Balaban J connectivity index is 2.18. The predicted molar refractivity (Wildman–Crippen MR) is 110 cm³/mol. The molecule has 2 atom stereocenters. The Kier molecular flexibility index (Phi) is 6.65. The maximum absolute atomic E-state index is 10.4. The van der Waals surface area contributed by atoms with Gasteiger partial charge in [0.25, 0.3) is 0 Å². The Hall–Kier alpha value is -2.02. The van der Waals surface area contributed by atoms with Crippen LogP contribution in [0.15, 0.2) is 29.4 Å². The van der Waals surface area contributed by atoms with Crippen molar-refractivity contribution in [3.63, 3.8) is 0 Å². The highest BCUT2D eigenvalue weighted by Gasteiger charge is 2.28. The number of pyridine rings is 2. The number of aliphatic hydroxyl groups is 2. The molecule has 0 amide bonds. The highest BCUT2D eigenvalue weighted by Crippen LogP contribution is 2.34. The highest BCUT2D eigenvalue weighted by molar-refractivity contribution is 6.32. The van der Waals surface area contributed by atoms with E-state index in [2.05, 4.69) is 18.8 Å². The van der Waals surface area contributed by atoms with Crippen molar-refractivity contribution < 1.29 is 14.9 Å². The number of aromatic nitrogens is 2. The number of nitrogens with zero attached hydrogens (tertiary/aromatic N) is 3. The van der Waals surface area contributed by atoms with Gasteiger partial charge in [-0.1, -0.05) is 25.4 Å². The van der Waals surface area contributed by atoms with Crippen molar-refractivity contribution in [2.45, 2.75) is 45.8 Å². The van der Waals surface area contributed by atoms with Gasteiger partial charge in [-0.15, -0.1) is 0 Å². The fourth-order valence-electron chi connectivity index (χ4n) is 3.37. The zero-order valence-corrected chi connectivity index (χ0v) is 17.1. The van der Waals surface area contributed by atoms with Crippen molar-refractivity contribution in [2.24, 2.45) is 10.9 Å². The topological polar surface area (TPSA) is 87.8 Å². The monoisotopic (exact) mass is 403 g/mol. The highest BCUT2D eigenvalue weighted by atomic mass is 35.5. The normalized spacial score (nSPS) is 17.7. The maximum atomic E-state index is 10.4. The number of fused-ring (bicyclic) bond motifs is 1. The van der Waals surface area contributed by atoms with Crippen molar-refractivity contribution in [2.75, 3.05) is 13.2 Å². The molecule has 150 valence electrons. The van der Waals surface area contributed by atoms with Gasteiger partial charge in [-0.3, -0.25) is 4.99 Å². The zero-order chi connectivity index (χ0) is 20.3. The van der Waals surface area contributed by atoms with Gasteiger partial charge in [-0.2, -0.15) is 0 Å². The first-order valence-electron chi connectivity index (χ1n) is 9.60. The summed E-state index contributed by atoms with van der Waals surface area (Å²) in [6, 6.07) is 5.52. The Morgan fingerprint density at radius 3 is 2.82 bits per heavy atom. The molecular weight excluding hydrogens is 378 g/mol. The molecule has 7 heteroatoms. The molecule has 0 saturated heterocycles. The molecule has 0 spiro atoms. The molecule has 0 fully saturated rings. The Morgan fingerprint density at radius 2 is 2.14 bits per heavy atom. The molecule has 0 aromatic carbocycles. The SMILES string of the molecule is CCOc1ncccc1-c1cc(Cl)c2c(n1)C(C(O)CO)=NC(C(C)C)CC2. The Bertz CT molecular complexity index is 870. The van der Waals surface area contributed by atoms with Crippen LogP contribution in [0, 0.1) is 5.92 Å². The second-order valence-corrected chi connectivity index (χ2v) is 7.58. The van der Waals surface area contributed by atoms with E-state index in [1.807, 2.05) is 19.1 Å². The third-order valence-electron chi connectivity index (χ3n) is 4.89. The minimum Gasteiger partial charge on any atom is -0.477 e. The van der Waals surface area contributed by atoms with Crippen LogP contribution < -0.4 is 4.74 Å². The van der Waals surface area contributed by atoms with Crippen LogP contribution >= 0.6 is 11.6 Å². The summed E-state index contributed by atoms with van der Waals surface area (Å²) in [4.78, 5) is 13.8. The van der Waals surface area contributed by atoms with Crippen LogP contribution in [0.5, 0.6) is 5.88 Å². The van der Waals surface area contributed by atoms with Crippen molar-refractivity contribution in [3.05, 3.63) is 40.7 Å². The number of halogens is 1. The smallest absolute Gasteiger partial charge is 0.222 e. The average molecular weight is 404 g/mol. The van der Waals surface area contributed by atoms with Gasteiger partial charge in [0, 0.05) is 11.2 Å². The second kappa shape index (κ2) is 8.99. The molecule has 0 aliphatic carbocycles. The van der Waals surface area contributed by atoms with Gasteiger partial charge in [0.1, 0.15) is 6.10 Å². The van der Waals surface area contributed by atoms with E-state index in [9.17, 15) is 10.2 Å². The molecular formula is C21H26ClN3O3. The molecule has 1 aliphatic heterocycles. The molecule has 3 rings (SSSR count). The predicted octanol–water partition coefficient (Wildman–Crippen LogP) is 3.31. The van der Waals surface area contributed by atoms with Crippen LogP contribution in [0.25, 0.3) is 11.3 Å². The Labute approximate surface area is 170 Å². The molecule has 28 heavy (non-hydrogen) atoms. The molecule has 3 heterocycles. The standard InChI is InChI=1S/C21H26ClN3O3/c1-4-28-21-14(6-5-9-23-21)17-10-15(22)13-7-8-16(12(2)3)24-20(18(27)11-26)19(13)25-17/h5-6,9-10,12,16,18,26-27H,4,7-8,11H2,1-3H3. The Morgan fingerprint density at radius 1 is 1.36 bits per heavy atom. The lowest BCUT2D eigenvalue weighted by Crippen LogP contribution is -2.28. The molecule has 6 nitrogen and oxygen atoms in total. The van der Waals surface area contributed by atoms with Crippen LogP contribution in [-0.2, 0) is 6.42 Å². The van der Waals surface area contributed by atoms with E-state index in [0.717, 1.165) is 17.5 Å². The van der Waals surface area contributed by atoms with Gasteiger partial charge in [0.15, 0.2) is 0 Å². The minimum absolute atomic E-state index is 0.0299. The first kappa shape index (κ1) is 20.7. The number of hydrogen-bond donors (Lipinski definition) is 2. The van der Waals surface area contributed by atoms with Crippen LogP contribution in [-0.4, -0.2) is 51.3 Å². The van der Waals surface area contributed by atoms with Crippen LogP contribution in [0.2, 0.25) is 5.02 Å². The number of ether oxygens (including phenoxy) is 1. The summed E-state index contributed by atoms with van der Waals surface area (Å²) in [7, 11) is 0. The van der Waals surface area contributed by atoms with E-state index in [1.165, 1.54) is 0 Å². The first-order valence-corrected chi connectivity index (χ1v) is 9.98. The van der Waals surface area contributed by atoms with Crippen LogP contribution in [0.1, 0.15) is 38.4 Å². The van der Waals surface area contributed by atoms with Gasteiger partial charge in [0.2, 0.25) is 5.88 Å². The van der Waals surface area contributed by atoms with E-state index in [-0.39, 0.29) is 6.04 Å². The molecule has 2 N–H and O–H groups in total.